The first kappa shape index (κ1) is 14.6. The maximum atomic E-state index is 13.3. The molecule has 0 heterocycles. The topological polar surface area (TPSA) is 74.6 Å². The third kappa shape index (κ3) is 1.62. The number of carboxylic acids is 2. The van der Waals surface area contributed by atoms with Gasteiger partial charge in [0.25, 0.3) is 6.43 Å². The maximum absolute atomic E-state index is 13.3. The summed E-state index contributed by atoms with van der Waals surface area (Å²) in [4.78, 5) is 22.6. The summed E-state index contributed by atoms with van der Waals surface area (Å²) >= 11 is 0. The fraction of sp³-hybridized carbons (Fsp3) is 0.667. The van der Waals surface area contributed by atoms with Crippen molar-refractivity contribution in [3.8, 4) is 0 Å². The van der Waals surface area contributed by atoms with Gasteiger partial charge in [-0.05, 0) is 18.8 Å². The summed E-state index contributed by atoms with van der Waals surface area (Å²) in [5.41, 5.74) is -3.98. The van der Waals surface area contributed by atoms with E-state index >= 15 is 0 Å². The van der Waals surface area contributed by atoms with Crippen molar-refractivity contribution < 1.29 is 28.6 Å². The van der Waals surface area contributed by atoms with Crippen molar-refractivity contribution in [1.82, 2.24) is 0 Å². The Labute approximate surface area is 103 Å². The molecule has 1 rings (SSSR count). The quantitative estimate of drug-likeness (QED) is 0.765. The van der Waals surface area contributed by atoms with Gasteiger partial charge in [-0.15, -0.1) is 0 Å². The second kappa shape index (κ2) is 4.33. The van der Waals surface area contributed by atoms with E-state index in [1.165, 1.54) is 32.9 Å². The second-order valence-corrected chi connectivity index (χ2v) is 5.00. The molecule has 0 aliphatic heterocycles. The number of halogens is 2. The first-order valence-corrected chi connectivity index (χ1v) is 5.56. The van der Waals surface area contributed by atoms with Gasteiger partial charge in [-0.1, -0.05) is 26.0 Å². The summed E-state index contributed by atoms with van der Waals surface area (Å²) in [6, 6.07) is 0. The number of carboxylic acid groups (broad SMARTS) is 2. The molecule has 4 nitrogen and oxygen atoms in total. The Balaban J connectivity index is 3.49. The van der Waals surface area contributed by atoms with Crippen molar-refractivity contribution in [2.45, 2.75) is 27.2 Å². The van der Waals surface area contributed by atoms with Gasteiger partial charge in [0.1, 0.15) is 5.41 Å². The molecular weight excluding hydrogens is 246 g/mol. The molecule has 1 aliphatic rings. The van der Waals surface area contributed by atoms with Crippen LogP contribution in [-0.4, -0.2) is 28.6 Å². The van der Waals surface area contributed by atoms with Crippen LogP contribution in [0.25, 0.3) is 0 Å². The van der Waals surface area contributed by atoms with Crippen LogP contribution in [0.1, 0.15) is 20.8 Å². The maximum Gasteiger partial charge on any atom is 0.316 e. The highest BCUT2D eigenvalue weighted by Crippen LogP contribution is 2.54. The minimum atomic E-state index is -3.14. The van der Waals surface area contributed by atoms with Crippen LogP contribution < -0.4 is 0 Å². The van der Waals surface area contributed by atoms with Crippen molar-refractivity contribution in [1.29, 1.82) is 0 Å². The summed E-state index contributed by atoms with van der Waals surface area (Å²) in [6.07, 6.45) is -0.563. The van der Waals surface area contributed by atoms with Crippen molar-refractivity contribution in [2.24, 2.45) is 22.7 Å². The van der Waals surface area contributed by atoms with Crippen LogP contribution in [0.15, 0.2) is 12.2 Å². The third-order valence-corrected chi connectivity index (χ3v) is 4.29. The van der Waals surface area contributed by atoms with Crippen LogP contribution in [0.2, 0.25) is 0 Å². The Bertz CT molecular complexity index is 407. The molecule has 4 unspecified atom stereocenters. The first-order chi connectivity index (χ1) is 8.11. The zero-order valence-electron chi connectivity index (χ0n) is 10.4. The molecule has 0 radical (unpaired) electrons. The Morgan fingerprint density at radius 1 is 1.22 bits per heavy atom. The second-order valence-electron chi connectivity index (χ2n) is 5.00. The van der Waals surface area contributed by atoms with Crippen LogP contribution in [0.5, 0.6) is 0 Å². The Hall–Kier alpha value is -1.46. The van der Waals surface area contributed by atoms with E-state index < -0.39 is 41.0 Å². The van der Waals surface area contributed by atoms with E-state index in [1.54, 1.807) is 0 Å². The fourth-order valence-corrected chi connectivity index (χ4v) is 2.66. The number of aliphatic carboxylic acids is 2. The lowest BCUT2D eigenvalue weighted by Crippen LogP contribution is -2.56. The van der Waals surface area contributed by atoms with E-state index in [1.807, 2.05) is 0 Å². The highest BCUT2D eigenvalue weighted by molar-refractivity contribution is 5.82. The van der Waals surface area contributed by atoms with Gasteiger partial charge in [0.15, 0.2) is 0 Å². The van der Waals surface area contributed by atoms with Crippen LogP contribution >= 0.6 is 0 Å². The number of hydrogen-bond donors (Lipinski definition) is 2. The Kier molecular flexibility index (Phi) is 3.51. The predicted molar refractivity (Wildman–Crippen MR) is 59.3 cm³/mol. The molecule has 18 heavy (non-hydrogen) atoms. The van der Waals surface area contributed by atoms with Crippen molar-refractivity contribution in [2.75, 3.05) is 0 Å². The summed E-state index contributed by atoms with van der Waals surface area (Å²) in [7, 11) is 0. The van der Waals surface area contributed by atoms with Crippen molar-refractivity contribution in [3.63, 3.8) is 0 Å². The molecule has 0 aromatic heterocycles. The SMILES string of the molecule is CC1C=CC(C)(C(=O)O)C(C)C1(C(=O)O)C(F)F. The van der Waals surface area contributed by atoms with Crippen LogP contribution in [-0.2, 0) is 9.59 Å². The van der Waals surface area contributed by atoms with Crippen LogP contribution in [0.4, 0.5) is 8.78 Å². The lowest BCUT2D eigenvalue weighted by atomic mass is 9.55. The standard InChI is InChI=1S/C12H16F2O4/c1-6-4-5-11(3,9(15)16)7(2)12(6,8(13)14)10(17)18/h4-8H,1-3H3,(H,15,16)(H,17,18). The average molecular weight is 262 g/mol. The van der Waals surface area contributed by atoms with E-state index in [9.17, 15) is 23.5 Å². The van der Waals surface area contributed by atoms with Gasteiger partial charge in [0, 0.05) is 0 Å². The molecule has 1 aliphatic carbocycles. The van der Waals surface area contributed by atoms with Gasteiger partial charge in [0.2, 0.25) is 0 Å². The zero-order valence-corrected chi connectivity index (χ0v) is 10.4. The number of hydrogen-bond acceptors (Lipinski definition) is 2. The highest BCUT2D eigenvalue weighted by atomic mass is 19.3. The van der Waals surface area contributed by atoms with Gasteiger partial charge < -0.3 is 10.2 Å². The van der Waals surface area contributed by atoms with E-state index in [4.69, 9.17) is 5.11 Å². The molecule has 0 saturated carbocycles. The van der Waals surface area contributed by atoms with Gasteiger partial charge in [-0.2, -0.15) is 0 Å². The Morgan fingerprint density at radius 2 is 1.72 bits per heavy atom. The monoisotopic (exact) mass is 262 g/mol. The smallest absolute Gasteiger partial charge is 0.316 e. The van der Waals surface area contributed by atoms with E-state index in [0.717, 1.165) is 0 Å². The lowest BCUT2D eigenvalue weighted by molar-refractivity contribution is -0.183. The zero-order chi connectivity index (χ0) is 14.3. The normalized spacial score (nSPS) is 39.9. The molecule has 0 saturated heterocycles. The molecule has 102 valence electrons. The molecule has 0 bridgehead atoms. The minimum Gasteiger partial charge on any atom is -0.481 e. The summed E-state index contributed by atoms with van der Waals surface area (Å²) in [5, 5.41) is 18.4. The van der Waals surface area contributed by atoms with Gasteiger partial charge >= 0.3 is 11.9 Å². The number of rotatable bonds is 3. The molecule has 2 N–H and O–H groups in total. The summed E-state index contributed by atoms with van der Waals surface area (Å²) < 4.78 is 26.7. The molecule has 0 amide bonds. The highest BCUT2D eigenvalue weighted by Gasteiger charge is 2.63. The molecule has 0 aromatic carbocycles. The molecule has 4 atom stereocenters. The molecule has 6 heteroatoms. The minimum absolute atomic E-state index is 0.933. The molecule has 0 aromatic rings. The fourth-order valence-electron chi connectivity index (χ4n) is 2.66. The number of allylic oxidation sites excluding steroid dienone is 1. The number of alkyl halides is 2. The van der Waals surface area contributed by atoms with Gasteiger partial charge in [-0.3, -0.25) is 9.59 Å². The van der Waals surface area contributed by atoms with Gasteiger partial charge in [0.05, 0.1) is 5.41 Å². The van der Waals surface area contributed by atoms with E-state index in [0.29, 0.717) is 0 Å². The summed E-state index contributed by atoms with van der Waals surface area (Å²) in [6.45, 7) is 3.89. The molecular formula is C12H16F2O4. The largest absolute Gasteiger partial charge is 0.481 e. The van der Waals surface area contributed by atoms with Crippen LogP contribution in [0, 0.1) is 22.7 Å². The van der Waals surface area contributed by atoms with Gasteiger partial charge in [-0.25, -0.2) is 8.78 Å². The molecule has 0 spiro atoms. The first-order valence-electron chi connectivity index (χ1n) is 5.56. The van der Waals surface area contributed by atoms with E-state index in [2.05, 4.69) is 0 Å². The van der Waals surface area contributed by atoms with Crippen LogP contribution in [0.3, 0.4) is 0 Å². The summed E-state index contributed by atoms with van der Waals surface area (Å²) in [5.74, 6) is -5.11. The lowest BCUT2D eigenvalue weighted by Gasteiger charge is -2.47. The Morgan fingerprint density at radius 3 is 2.06 bits per heavy atom. The van der Waals surface area contributed by atoms with E-state index in [-0.39, 0.29) is 0 Å². The third-order valence-electron chi connectivity index (χ3n) is 4.29. The molecule has 0 fully saturated rings. The van der Waals surface area contributed by atoms with Crippen molar-refractivity contribution >= 4 is 11.9 Å². The number of carbonyl (C=O) groups is 2. The predicted octanol–water partition coefficient (Wildman–Crippen LogP) is 2.26. The van der Waals surface area contributed by atoms with Crippen molar-refractivity contribution in [3.05, 3.63) is 12.2 Å². The average Bonchev–Trinajstić information content (AvgIpc) is 2.23.